The molecule has 0 bridgehead atoms. The number of hydrogen-bond donors (Lipinski definition) is 1. The predicted molar refractivity (Wildman–Crippen MR) is 86.2 cm³/mol. The highest BCUT2D eigenvalue weighted by molar-refractivity contribution is 5.92. The fourth-order valence-corrected chi connectivity index (χ4v) is 2.95. The summed E-state index contributed by atoms with van der Waals surface area (Å²) in [7, 11) is 0. The number of aromatic nitrogens is 2. The predicted octanol–water partition coefficient (Wildman–Crippen LogP) is 3.41. The van der Waals surface area contributed by atoms with Crippen LogP contribution >= 0.6 is 0 Å². The summed E-state index contributed by atoms with van der Waals surface area (Å²) >= 11 is 0. The van der Waals surface area contributed by atoms with Crippen LogP contribution in [0.3, 0.4) is 0 Å². The minimum Gasteiger partial charge on any atom is -0.335 e. The van der Waals surface area contributed by atoms with E-state index in [2.05, 4.69) is 5.10 Å². The van der Waals surface area contributed by atoms with E-state index in [1.807, 2.05) is 4.90 Å². The first-order valence-electron chi connectivity index (χ1n) is 8.34. The van der Waals surface area contributed by atoms with Crippen LogP contribution in [0, 0.1) is 0 Å². The van der Waals surface area contributed by atoms with Crippen molar-refractivity contribution in [3.63, 3.8) is 0 Å². The molecule has 1 N–H and O–H groups in total. The quantitative estimate of drug-likeness (QED) is 0.795. The molecule has 152 valence electrons. The molecule has 0 unspecified atom stereocenters. The van der Waals surface area contributed by atoms with Crippen molar-refractivity contribution >= 4 is 5.91 Å². The van der Waals surface area contributed by atoms with Gasteiger partial charge in [-0.2, -0.15) is 31.4 Å². The fraction of sp³-hybridized carbons (Fsp3) is 0.412. The maximum atomic E-state index is 12.8. The van der Waals surface area contributed by atoms with Crippen LogP contribution in [0.1, 0.15) is 27.3 Å². The van der Waals surface area contributed by atoms with Crippen LogP contribution in [-0.4, -0.2) is 52.1 Å². The number of aromatic amines is 1. The average molecular weight is 406 g/mol. The maximum absolute atomic E-state index is 12.8. The van der Waals surface area contributed by atoms with Gasteiger partial charge in [0.25, 0.3) is 5.91 Å². The van der Waals surface area contributed by atoms with Crippen molar-refractivity contribution in [2.75, 3.05) is 26.2 Å². The van der Waals surface area contributed by atoms with Crippen molar-refractivity contribution in [3.05, 3.63) is 52.8 Å². The lowest BCUT2D eigenvalue weighted by Gasteiger charge is -2.34. The van der Waals surface area contributed by atoms with Crippen LogP contribution in [0.2, 0.25) is 0 Å². The largest absolute Gasteiger partial charge is 0.432 e. The minimum absolute atomic E-state index is 0.242. The number of piperazine rings is 1. The summed E-state index contributed by atoms with van der Waals surface area (Å²) in [4.78, 5) is 15.5. The van der Waals surface area contributed by atoms with E-state index in [9.17, 15) is 31.1 Å². The maximum Gasteiger partial charge on any atom is 0.432 e. The lowest BCUT2D eigenvalue weighted by molar-refractivity contribution is -0.141. The summed E-state index contributed by atoms with van der Waals surface area (Å²) in [6.45, 7) is 1.54. The van der Waals surface area contributed by atoms with Gasteiger partial charge in [0.05, 0.1) is 5.56 Å². The first-order valence-corrected chi connectivity index (χ1v) is 8.34. The molecule has 5 nitrogen and oxygen atoms in total. The highest BCUT2D eigenvalue weighted by atomic mass is 19.4. The van der Waals surface area contributed by atoms with E-state index in [-0.39, 0.29) is 25.3 Å². The highest BCUT2D eigenvalue weighted by Crippen LogP contribution is 2.30. The van der Waals surface area contributed by atoms with Crippen LogP contribution in [-0.2, 0) is 18.9 Å². The van der Waals surface area contributed by atoms with E-state index in [0.29, 0.717) is 24.7 Å². The second-order valence-corrected chi connectivity index (χ2v) is 6.43. The number of H-pyrrole nitrogens is 1. The monoisotopic (exact) mass is 406 g/mol. The van der Waals surface area contributed by atoms with E-state index < -0.39 is 29.5 Å². The van der Waals surface area contributed by atoms with Crippen LogP contribution in [0.4, 0.5) is 26.3 Å². The first kappa shape index (κ1) is 20.2. The molecule has 0 aliphatic carbocycles. The van der Waals surface area contributed by atoms with Gasteiger partial charge in [0.1, 0.15) is 5.69 Å². The Morgan fingerprint density at radius 1 is 1.00 bits per heavy atom. The number of carbonyl (C=O) groups is 1. The zero-order valence-corrected chi connectivity index (χ0v) is 14.4. The molecule has 0 spiro atoms. The molecule has 28 heavy (non-hydrogen) atoms. The zero-order valence-electron chi connectivity index (χ0n) is 14.4. The van der Waals surface area contributed by atoms with Crippen molar-refractivity contribution in [1.29, 1.82) is 0 Å². The Hall–Kier alpha value is -2.56. The smallest absolute Gasteiger partial charge is 0.335 e. The lowest BCUT2D eigenvalue weighted by Crippen LogP contribution is -2.48. The number of benzene rings is 1. The SMILES string of the molecule is O=C(c1cc(C(F)(F)F)[nH]n1)N1CCN(Cc2cccc(C(F)(F)F)c2)CC1. The molecule has 0 saturated carbocycles. The second kappa shape index (κ2) is 7.46. The molecule has 1 aliphatic heterocycles. The molecule has 2 heterocycles. The summed E-state index contributed by atoms with van der Waals surface area (Å²) in [6.07, 6.45) is -9.03. The number of carbonyl (C=O) groups excluding carboxylic acids is 1. The van der Waals surface area contributed by atoms with Crippen LogP contribution in [0.15, 0.2) is 30.3 Å². The summed E-state index contributed by atoms with van der Waals surface area (Å²) in [5.74, 6) is -0.620. The molecule has 1 amide bonds. The van der Waals surface area contributed by atoms with E-state index in [4.69, 9.17) is 0 Å². The Morgan fingerprint density at radius 2 is 1.68 bits per heavy atom. The molecule has 3 rings (SSSR count). The number of nitrogens with zero attached hydrogens (tertiary/aromatic N) is 3. The Labute approximate surface area is 155 Å². The number of halogens is 6. The molecule has 1 aromatic carbocycles. The summed E-state index contributed by atoms with van der Waals surface area (Å²) < 4.78 is 76.1. The zero-order chi connectivity index (χ0) is 20.5. The third kappa shape index (κ3) is 4.64. The average Bonchev–Trinajstić information content (AvgIpc) is 3.12. The first-order chi connectivity index (χ1) is 13.0. The van der Waals surface area contributed by atoms with Gasteiger partial charge in [-0.25, -0.2) is 0 Å². The summed E-state index contributed by atoms with van der Waals surface area (Å²) in [5.41, 5.74) is -1.65. The molecular formula is C17H16F6N4O. The normalized spacial score (nSPS) is 16.4. The van der Waals surface area contributed by atoms with E-state index in [0.717, 1.165) is 12.1 Å². The Bertz CT molecular complexity index is 837. The van der Waals surface area contributed by atoms with Crippen molar-refractivity contribution < 1.29 is 31.1 Å². The molecule has 0 radical (unpaired) electrons. The third-order valence-electron chi connectivity index (χ3n) is 4.42. The third-order valence-corrected chi connectivity index (χ3v) is 4.42. The lowest BCUT2D eigenvalue weighted by atomic mass is 10.1. The van der Waals surface area contributed by atoms with E-state index in [1.165, 1.54) is 11.0 Å². The van der Waals surface area contributed by atoms with Gasteiger partial charge in [-0.1, -0.05) is 18.2 Å². The molecule has 11 heteroatoms. The van der Waals surface area contributed by atoms with Crippen LogP contribution in [0.25, 0.3) is 0 Å². The van der Waals surface area contributed by atoms with Crippen LogP contribution < -0.4 is 0 Å². The van der Waals surface area contributed by atoms with Gasteiger partial charge < -0.3 is 4.90 Å². The van der Waals surface area contributed by atoms with Gasteiger partial charge >= 0.3 is 12.4 Å². The molecule has 2 aromatic rings. The van der Waals surface area contributed by atoms with Gasteiger partial charge in [0, 0.05) is 38.8 Å². The molecule has 0 atom stereocenters. The second-order valence-electron chi connectivity index (χ2n) is 6.43. The Balaban J connectivity index is 1.57. The van der Waals surface area contributed by atoms with E-state index >= 15 is 0 Å². The van der Waals surface area contributed by atoms with Gasteiger partial charge in [-0.15, -0.1) is 0 Å². The summed E-state index contributed by atoms with van der Waals surface area (Å²) in [5, 5.41) is 5.22. The number of alkyl halides is 6. The van der Waals surface area contributed by atoms with E-state index in [1.54, 1.807) is 11.2 Å². The molecule has 1 fully saturated rings. The molecule has 1 aromatic heterocycles. The number of rotatable bonds is 3. The minimum atomic E-state index is -4.62. The highest BCUT2D eigenvalue weighted by Gasteiger charge is 2.35. The molecule has 1 aliphatic rings. The molecular weight excluding hydrogens is 390 g/mol. The number of nitrogens with one attached hydrogen (secondary N) is 1. The topological polar surface area (TPSA) is 52.2 Å². The van der Waals surface area contributed by atoms with Gasteiger partial charge in [0.15, 0.2) is 5.69 Å². The number of amides is 1. The van der Waals surface area contributed by atoms with Gasteiger partial charge in [0.2, 0.25) is 0 Å². The number of hydrogen-bond acceptors (Lipinski definition) is 3. The molecule has 1 saturated heterocycles. The Morgan fingerprint density at radius 3 is 2.25 bits per heavy atom. The summed E-state index contributed by atoms with van der Waals surface area (Å²) in [6, 6.07) is 5.68. The van der Waals surface area contributed by atoms with Crippen molar-refractivity contribution in [3.8, 4) is 0 Å². The fourth-order valence-electron chi connectivity index (χ4n) is 2.95. The standard InChI is InChI=1S/C17H16F6N4O/c18-16(19,20)12-3-1-2-11(8-12)10-26-4-6-27(7-5-26)15(28)13-9-14(25-24-13)17(21,22)23/h1-3,8-9H,4-7,10H2,(H,24,25). The van der Waals surface area contributed by atoms with Crippen LogP contribution in [0.5, 0.6) is 0 Å². The van der Waals surface area contributed by atoms with Crippen molar-refractivity contribution in [2.24, 2.45) is 0 Å². The Kier molecular flexibility index (Phi) is 5.37. The van der Waals surface area contributed by atoms with Crippen molar-refractivity contribution in [1.82, 2.24) is 20.0 Å². The van der Waals surface area contributed by atoms with Gasteiger partial charge in [-0.3, -0.25) is 14.8 Å². The van der Waals surface area contributed by atoms with Crippen molar-refractivity contribution in [2.45, 2.75) is 18.9 Å². The van der Waals surface area contributed by atoms with Gasteiger partial charge in [-0.05, 0) is 11.6 Å².